The summed E-state index contributed by atoms with van der Waals surface area (Å²) < 4.78 is 2.19. The van der Waals surface area contributed by atoms with Crippen molar-refractivity contribution in [2.24, 2.45) is 10.9 Å². The molecule has 100 valence electrons. The van der Waals surface area contributed by atoms with Gasteiger partial charge in [0.1, 0.15) is 0 Å². The second kappa shape index (κ2) is 5.39. The Hall–Kier alpha value is -2.26. The summed E-state index contributed by atoms with van der Waals surface area (Å²) in [7, 11) is 0. The molecule has 3 rings (SSSR count). The second-order valence-corrected chi connectivity index (χ2v) is 5.07. The highest BCUT2D eigenvalue weighted by atomic mass is 35.5. The van der Waals surface area contributed by atoms with Crippen molar-refractivity contribution in [3.05, 3.63) is 70.9 Å². The minimum absolute atomic E-state index is 0.752. The van der Waals surface area contributed by atoms with Crippen LogP contribution in [0.4, 0.5) is 0 Å². The summed E-state index contributed by atoms with van der Waals surface area (Å²) in [6.07, 6.45) is 3.75. The first-order valence-corrected chi connectivity index (χ1v) is 6.71. The fraction of sp³-hybridized carbons (Fsp3) is 0.0625. The van der Waals surface area contributed by atoms with Crippen molar-refractivity contribution in [2.45, 2.75) is 6.54 Å². The average Bonchev–Trinajstić information content (AvgIpc) is 2.81. The number of para-hydroxylation sites is 1. The highest BCUT2D eigenvalue weighted by Gasteiger charge is 2.06. The van der Waals surface area contributed by atoms with Crippen LogP contribution in [0.3, 0.4) is 0 Å². The minimum atomic E-state index is 0.752. The summed E-state index contributed by atoms with van der Waals surface area (Å²) in [5.74, 6) is 5.28. The van der Waals surface area contributed by atoms with Crippen molar-refractivity contribution in [3.63, 3.8) is 0 Å². The molecule has 0 atom stereocenters. The average molecular weight is 284 g/mol. The normalized spacial score (nSPS) is 11.4. The molecule has 4 heteroatoms. The zero-order chi connectivity index (χ0) is 13.9. The zero-order valence-electron chi connectivity index (χ0n) is 10.8. The molecule has 0 saturated carbocycles. The van der Waals surface area contributed by atoms with Gasteiger partial charge in [0.2, 0.25) is 0 Å². The molecular weight excluding hydrogens is 270 g/mol. The van der Waals surface area contributed by atoms with Crippen molar-refractivity contribution >= 4 is 28.7 Å². The first kappa shape index (κ1) is 12.8. The quantitative estimate of drug-likeness (QED) is 0.445. The number of halogens is 1. The molecule has 0 spiro atoms. The fourth-order valence-electron chi connectivity index (χ4n) is 2.38. The summed E-state index contributed by atoms with van der Waals surface area (Å²) in [6, 6.07) is 16.1. The number of benzene rings is 2. The number of nitrogens with zero attached hydrogens (tertiary/aromatic N) is 2. The highest BCUT2D eigenvalue weighted by Crippen LogP contribution is 2.21. The monoisotopic (exact) mass is 283 g/mol. The van der Waals surface area contributed by atoms with Gasteiger partial charge in [0.05, 0.1) is 6.21 Å². The van der Waals surface area contributed by atoms with Gasteiger partial charge in [0.25, 0.3) is 0 Å². The van der Waals surface area contributed by atoms with Crippen LogP contribution in [-0.4, -0.2) is 10.8 Å². The number of nitrogens with two attached hydrogens (primary N) is 1. The van der Waals surface area contributed by atoms with Crippen LogP contribution in [0.1, 0.15) is 11.1 Å². The van der Waals surface area contributed by atoms with Crippen LogP contribution < -0.4 is 5.84 Å². The van der Waals surface area contributed by atoms with Gasteiger partial charge in [-0.25, -0.2) is 0 Å². The maximum Gasteiger partial charge on any atom is 0.0559 e. The zero-order valence-corrected chi connectivity index (χ0v) is 11.6. The molecule has 0 radical (unpaired) electrons. The van der Waals surface area contributed by atoms with Crippen LogP contribution in [0.25, 0.3) is 10.9 Å². The molecule has 0 amide bonds. The van der Waals surface area contributed by atoms with Gasteiger partial charge in [-0.05, 0) is 23.8 Å². The lowest BCUT2D eigenvalue weighted by molar-refractivity contribution is 0.836. The second-order valence-electron chi connectivity index (χ2n) is 4.63. The molecule has 0 aliphatic heterocycles. The fourth-order valence-corrected chi connectivity index (χ4v) is 2.50. The van der Waals surface area contributed by atoms with Crippen molar-refractivity contribution < 1.29 is 0 Å². The molecule has 0 fully saturated rings. The van der Waals surface area contributed by atoms with Crippen LogP contribution in [0.2, 0.25) is 5.02 Å². The molecule has 0 aliphatic carbocycles. The summed E-state index contributed by atoms with van der Waals surface area (Å²) in [5, 5.41) is 5.53. The molecule has 0 bridgehead atoms. The summed E-state index contributed by atoms with van der Waals surface area (Å²) in [4.78, 5) is 0. The van der Waals surface area contributed by atoms with E-state index < -0.39 is 0 Å². The molecule has 3 aromatic rings. The Kier molecular flexibility index (Phi) is 3.44. The topological polar surface area (TPSA) is 43.3 Å². The lowest BCUT2D eigenvalue weighted by Gasteiger charge is -2.05. The SMILES string of the molecule is NN=Cc1cn(Cc2ccc(Cl)cc2)c2ccccc12. The molecule has 1 heterocycles. The van der Waals surface area contributed by atoms with Gasteiger partial charge in [-0.2, -0.15) is 5.10 Å². The molecule has 0 unspecified atom stereocenters. The lowest BCUT2D eigenvalue weighted by atomic mass is 10.2. The van der Waals surface area contributed by atoms with Gasteiger partial charge in [-0.15, -0.1) is 0 Å². The van der Waals surface area contributed by atoms with E-state index in [-0.39, 0.29) is 0 Å². The molecule has 0 aliphatic rings. The van der Waals surface area contributed by atoms with E-state index in [1.807, 2.05) is 36.4 Å². The van der Waals surface area contributed by atoms with Crippen molar-refractivity contribution in [1.82, 2.24) is 4.57 Å². The molecular formula is C16H14ClN3. The lowest BCUT2D eigenvalue weighted by Crippen LogP contribution is -1.97. The molecule has 20 heavy (non-hydrogen) atoms. The van der Waals surface area contributed by atoms with Gasteiger partial charge in [0.15, 0.2) is 0 Å². The Morgan fingerprint density at radius 1 is 1.10 bits per heavy atom. The van der Waals surface area contributed by atoms with Gasteiger partial charge in [-0.1, -0.05) is 41.9 Å². The Morgan fingerprint density at radius 3 is 2.60 bits per heavy atom. The largest absolute Gasteiger partial charge is 0.342 e. The number of rotatable bonds is 3. The standard InChI is InChI=1S/C16H14ClN3/c17-14-7-5-12(6-8-14)10-20-11-13(9-19-18)15-3-1-2-4-16(15)20/h1-9,11H,10,18H2. The van der Waals surface area contributed by atoms with Crippen LogP contribution in [-0.2, 0) is 6.54 Å². The molecule has 2 N–H and O–H groups in total. The van der Waals surface area contributed by atoms with Crippen molar-refractivity contribution in [1.29, 1.82) is 0 Å². The van der Waals surface area contributed by atoms with E-state index in [0.717, 1.165) is 28.0 Å². The van der Waals surface area contributed by atoms with Gasteiger partial charge >= 0.3 is 0 Å². The van der Waals surface area contributed by atoms with E-state index in [0.29, 0.717) is 0 Å². The summed E-state index contributed by atoms with van der Waals surface area (Å²) >= 11 is 5.92. The Labute approximate surface area is 122 Å². The summed E-state index contributed by atoms with van der Waals surface area (Å²) in [6.45, 7) is 0.788. The van der Waals surface area contributed by atoms with Crippen LogP contribution >= 0.6 is 11.6 Å². The number of hydrazone groups is 1. The first-order chi connectivity index (χ1) is 9.78. The van der Waals surface area contributed by atoms with Gasteiger partial charge in [-0.3, -0.25) is 0 Å². The van der Waals surface area contributed by atoms with Crippen molar-refractivity contribution in [3.8, 4) is 0 Å². The maximum absolute atomic E-state index is 5.92. The summed E-state index contributed by atoms with van der Waals surface area (Å²) in [5.41, 5.74) is 3.39. The predicted octanol–water partition coefficient (Wildman–Crippen LogP) is 3.64. The number of hydrogen-bond donors (Lipinski definition) is 1. The molecule has 1 aromatic heterocycles. The molecule has 2 aromatic carbocycles. The maximum atomic E-state index is 5.92. The third kappa shape index (κ3) is 2.40. The molecule has 0 saturated heterocycles. The third-order valence-electron chi connectivity index (χ3n) is 3.30. The smallest absolute Gasteiger partial charge is 0.0559 e. The van der Waals surface area contributed by atoms with Gasteiger partial charge in [0, 0.05) is 34.2 Å². The number of hydrogen-bond acceptors (Lipinski definition) is 2. The van der Waals surface area contributed by atoms with E-state index in [2.05, 4.69) is 28.0 Å². The molecule has 3 nitrogen and oxygen atoms in total. The Balaban J connectivity index is 2.05. The minimum Gasteiger partial charge on any atom is -0.342 e. The van der Waals surface area contributed by atoms with Gasteiger partial charge < -0.3 is 10.4 Å². The third-order valence-corrected chi connectivity index (χ3v) is 3.55. The van der Waals surface area contributed by atoms with Crippen LogP contribution in [0.15, 0.2) is 59.8 Å². The van der Waals surface area contributed by atoms with Crippen molar-refractivity contribution in [2.75, 3.05) is 0 Å². The predicted molar refractivity (Wildman–Crippen MR) is 84.3 cm³/mol. The van der Waals surface area contributed by atoms with E-state index in [9.17, 15) is 0 Å². The number of fused-ring (bicyclic) bond motifs is 1. The first-order valence-electron chi connectivity index (χ1n) is 6.33. The van der Waals surface area contributed by atoms with Crippen LogP contribution in [0.5, 0.6) is 0 Å². The van der Waals surface area contributed by atoms with E-state index >= 15 is 0 Å². The Bertz CT molecular complexity index is 757. The highest BCUT2D eigenvalue weighted by molar-refractivity contribution is 6.30. The van der Waals surface area contributed by atoms with E-state index in [1.54, 1.807) is 6.21 Å². The number of aromatic nitrogens is 1. The van der Waals surface area contributed by atoms with E-state index in [4.69, 9.17) is 17.4 Å². The van der Waals surface area contributed by atoms with Crippen LogP contribution in [0, 0.1) is 0 Å². The van der Waals surface area contributed by atoms with E-state index in [1.165, 1.54) is 5.56 Å². The Morgan fingerprint density at radius 2 is 1.85 bits per heavy atom.